The predicted octanol–water partition coefficient (Wildman–Crippen LogP) is 4.57. The van der Waals surface area contributed by atoms with Crippen LogP contribution in [-0.4, -0.2) is 28.7 Å². The Balaban J connectivity index is 1.60. The molecule has 30 heavy (non-hydrogen) atoms. The van der Waals surface area contributed by atoms with E-state index in [-0.39, 0.29) is 22.6 Å². The highest BCUT2D eigenvalue weighted by Gasteiger charge is 2.21. The van der Waals surface area contributed by atoms with Crippen molar-refractivity contribution >= 4 is 17.4 Å². The molecule has 1 unspecified atom stereocenters. The van der Waals surface area contributed by atoms with Crippen LogP contribution in [0.3, 0.4) is 0 Å². The number of aryl methyl sites for hydroxylation is 2. The fraction of sp³-hybridized carbons (Fsp3) is 0.227. The Morgan fingerprint density at radius 3 is 2.80 bits per heavy atom. The van der Waals surface area contributed by atoms with Gasteiger partial charge in [-0.3, -0.25) is 9.83 Å². The second-order valence-electron chi connectivity index (χ2n) is 7.09. The van der Waals surface area contributed by atoms with Gasteiger partial charge >= 0.3 is 0 Å². The minimum Gasteiger partial charge on any atom is -0.452 e. The maximum atomic E-state index is 14.3. The number of aromatic nitrogens is 2. The summed E-state index contributed by atoms with van der Waals surface area (Å²) < 4.78 is 20.0. The lowest BCUT2D eigenvalue weighted by molar-refractivity contribution is 0.0623. The van der Waals surface area contributed by atoms with Gasteiger partial charge in [0.25, 0.3) is 0 Å². The van der Waals surface area contributed by atoms with Crippen LogP contribution in [-0.2, 0) is 11.3 Å². The number of ether oxygens (including phenoxy) is 1. The molecule has 4 rings (SSSR count). The van der Waals surface area contributed by atoms with Crippen molar-refractivity contribution in [3.63, 3.8) is 0 Å². The van der Waals surface area contributed by atoms with E-state index in [1.165, 1.54) is 41.2 Å². The summed E-state index contributed by atoms with van der Waals surface area (Å²) in [5.74, 6) is 0.0698. The lowest BCUT2D eigenvalue weighted by atomic mass is 10.0. The molecule has 0 aliphatic carbocycles. The largest absolute Gasteiger partial charge is 0.452 e. The number of amidine groups is 1. The van der Waals surface area contributed by atoms with E-state index in [0.29, 0.717) is 18.0 Å². The minimum absolute atomic E-state index is 0.0132. The first kappa shape index (κ1) is 20.3. The van der Waals surface area contributed by atoms with Gasteiger partial charge in [-0.2, -0.15) is 10.2 Å². The maximum Gasteiger partial charge on any atom is 0.184 e. The maximum absolute atomic E-state index is 14.3. The van der Waals surface area contributed by atoms with Crippen molar-refractivity contribution in [1.29, 1.82) is 0 Å². The molecule has 154 valence electrons. The summed E-state index contributed by atoms with van der Waals surface area (Å²) in [6, 6.07) is 10.8. The number of hydrogen-bond donors (Lipinski definition) is 1. The highest BCUT2D eigenvalue weighted by molar-refractivity contribution is 6.30. The molecule has 6 nitrogen and oxygen atoms in total. The number of hydrogen-bond acceptors (Lipinski definition) is 6. The molecule has 0 spiro atoms. The second-order valence-corrected chi connectivity index (χ2v) is 7.50. The first-order chi connectivity index (χ1) is 14.5. The van der Waals surface area contributed by atoms with Crippen LogP contribution in [0, 0.1) is 19.7 Å². The number of hydroxylamine groups is 1. The van der Waals surface area contributed by atoms with Gasteiger partial charge in [-0.05, 0) is 49.1 Å². The molecule has 0 saturated carbocycles. The summed E-state index contributed by atoms with van der Waals surface area (Å²) in [5, 5.41) is 7.72. The molecule has 1 N–H and O–H groups in total. The summed E-state index contributed by atoms with van der Waals surface area (Å²) in [5.41, 5.74) is 6.99. The SMILES string of the molecule is Cc1ccc(CC2CONC(c3cnncc3Oc3cccc(Cl)c3F)=N2)cc1C. The Bertz CT molecular complexity index is 1110. The minimum atomic E-state index is -0.649. The van der Waals surface area contributed by atoms with E-state index in [4.69, 9.17) is 26.2 Å². The third-order valence-electron chi connectivity index (χ3n) is 4.88. The molecule has 1 aliphatic rings. The average molecular weight is 427 g/mol. The van der Waals surface area contributed by atoms with E-state index >= 15 is 0 Å². The Morgan fingerprint density at radius 1 is 1.13 bits per heavy atom. The first-order valence-corrected chi connectivity index (χ1v) is 9.83. The molecule has 0 saturated heterocycles. The van der Waals surface area contributed by atoms with Crippen molar-refractivity contribution in [2.75, 3.05) is 6.61 Å². The fourth-order valence-electron chi connectivity index (χ4n) is 3.13. The summed E-state index contributed by atoms with van der Waals surface area (Å²) in [4.78, 5) is 10.3. The van der Waals surface area contributed by atoms with E-state index < -0.39 is 5.82 Å². The quantitative estimate of drug-likeness (QED) is 0.647. The molecule has 0 amide bonds. The highest BCUT2D eigenvalue weighted by atomic mass is 35.5. The van der Waals surface area contributed by atoms with Gasteiger partial charge in [-0.25, -0.2) is 9.87 Å². The lowest BCUT2D eigenvalue weighted by Crippen LogP contribution is -2.37. The van der Waals surface area contributed by atoms with Crippen molar-refractivity contribution < 1.29 is 14.0 Å². The van der Waals surface area contributed by atoms with Crippen molar-refractivity contribution in [2.45, 2.75) is 26.3 Å². The zero-order valence-electron chi connectivity index (χ0n) is 16.5. The van der Waals surface area contributed by atoms with Crippen molar-refractivity contribution in [1.82, 2.24) is 15.7 Å². The van der Waals surface area contributed by atoms with Gasteiger partial charge in [0, 0.05) is 0 Å². The molecule has 2 heterocycles. The Kier molecular flexibility index (Phi) is 5.92. The molecular formula is C22H20ClFN4O2. The smallest absolute Gasteiger partial charge is 0.184 e. The summed E-state index contributed by atoms with van der Waals surface area (Å²) >= 11 is 5.85. The van der Waals surface area contributed by atoms with Gasteiger partial charge in [0.2, 0.25) is 0 Å². The van der Waals surface area contributed by atoms with Gasteiger partial charge in [0.15, 0.2) is 23.2 Å². The number of rotatable bonds is 5. The van der Waals surface area contributed by atoms with Crippen LogP contribution in [0.15, 0.2) is 53.8 Å². The number of halogens is 2. The van der Waals surface area contributed by atoms with Crippen LogP contribution in [0.5, 0.6) is 11.5 Å². The normalized spacial score (nSPS) is 16.0. The Hall–Kier alpha value is -3.03. The van der Waals surface area contributed by atoms with Crippen LogP contribution in [0.1, 0.15) is 22.3 Å². The third-order valence-corrected chi connectivity index (χ3v) is 5.18. The van der Waals surface area contributed by atoms with Gasteiger partial charge < -0.3 is 4.74 Å². The molecule has 3 aromatic rings. The molecule has 0 radical (unpaired) electrons. The lowest BCUT2D eigenvalue weighted by Gasteiger charge is -2.23. The van der Waals surface area contributed by atoms with E-state index in [1.807, 2.05) is 0 Å². The number of nitrogens with one attached hydrogen (secondary N) is 1. The molecular weight excluding hydrogens is 407 g/mol. The predicted molar refractivity (Wildman–Crippen MR) is 113 cm³/mol. The zero-order valence-corrected chi connectivity index (χ0v) is 17.3. The standard InChI is InChI=1S/C22H20ClFN4O2/c1-13-6-7-15(8-14(13)2)9-16-12-29-28-22(27-16)17-10-25-26-11-20(17)30-19-5-3-4-18(23)21(19)24/h3-8,10-11,16H,9,12H2,1-2H3,(H,27,28). The van der Waals surface area contributed by atoms with Gasteiger partial charge in [0.05, 0.1) is 35.6 Å². The van der Waals surface area contributed by atoms with E-state index in [1.54, 1.807) is 6.07 Å². The molecule has 2 aromatic carbocycles. The first-order valence-electron chi connectivity index (χ1n) is 9.46. The van der Waals surface area contributed by atoms with Crippen molar-refractivity contribution in [2.24, 2.45) is 4.99 Å². The Morgan fingerprint density at radius 2 is 1.97 bits per heavy atom. The van der Waals surface area contributed by atoms with E-state index in [2.05, 4.69) is 47.7 Å². The highest BCUT2D eigenvalue weighted by Crippen LogP contribution is 2.30. The second kappa shape index (κ2) is 8.77. The Labute approximate surface area is 178 Å². The fourth-order valence-corrected chi connectivity index (χ4v) is 3.30. The molecule has 1 atom stereocenters. The van der Waals surface area contributed by atoms with Gasteiger partial charge in [0.1, 0.15) is 0 Å². The van der Waals surface area contributed by atoms with E-state index in [0.717, 1.165) is 6.42 Å². The van der Waals surface area contributed by atoms with Gasteiger partial charge in [-0.1, -0.05) is 35.9 Å². The molecule has 1 aliphatic heterocycles. The summed E-state index contributed by atoms with van der Waals surface area (Å²) in [6.07, 6.45) is 3.61. The zero-order chi connectivity index (χ0) is 21.1. The number of aliphatic imine (C=N–C) groups is 1. The van der Waals surface area contributed by atoms with Crippen LogP contribution < -0.4 is 10.2 Å². The number of nitrogens with zero attached hydrogens (tertiary/aromatic N) is 3. The topological polar surface area (TPSA) is 68.6 Å². The molecule has 0 bridgehead atoms. The van der Waals surface area contributed by atoms with Crippen molar-refractivity contribution in [3.8, 4) is 11.5 Å². The molecule has 0 fully saturated rings. The van der Waals surface area contributed by atoms with Crippen LogP contribution in [0.2, 0.25) is 5.02 Å². The van der Waals surface area contributed by atoms with Crippen LogP contribution >= 0.6 is 11.6 Å². The van der Waals surface area contributed by atoms with Crippen LogP contribution in [0.4, 0.5) is 4.39 Å². The monoisotopic (exact) mass is 426 g/mol. The van der Waals surface area contributed by atoms with Crippen LogP contribution in [0.25, 0.3) is 0 Å². The van der Waals surface area contributed by atoms with E-state index in [9.17, 15) is 4.39 Å². The van der Waals surface area contributed by atoms with Gasteiger partial charge in [-0.15, -0.1) is 0 Å². The van der Waals surface area contributed by atoms with Crippen molar-refractivity contribution in [3.05, 3.63) is 81.9 Å². The third kappa shape index (κ3) is 4.42. The number of benzene rings is 2. The molecule has 8 heteroatoms. The molecule has 1 aromatic heterocycles. The average Bonchev–Trinajstić information content (AvgIpc) is 2.75. The summed E-state index contributed by atoms with van der Waals surface area (Å²) in [7, 11) is 0. The summed E-state index contributed by atoms with van der Waals surface area (Å²) in [6.45, 7) is 4.60.